The lowest BCUT2D eigenvalue weighted by Crippen LogP contribution is -2.39. The van der Waals surface area contributed by atoms with Gasteiger partial charge in [0.2, 0.25) is 10.0 Å². The van der Waals surface area contributed by atoms with E-state index in [0.29, 0.717) is 16.8 Å². The van der Waals surface area contributed by atoms with Gasteiger partial charge in [-0.1, -0.05) is 23.7 Å². The maximum Gasteiger partial charge on any atom is 0.257 e. The number of halogens is 2. The highest BCUT2D eigenvalue weighted by atomic mass is 35.5. The van der Waals surface area contributed by atoms with Crippen LogP contribution in [0.5, 0.6) is 0 Å². The topological polar surface area (TPSA) is 88.2 Å². The van der Waals surface area contributed by atoms with Crippen LogP contribution in [0.2, 0.25) is 5.15 Å². The molecule has 146 valence electrons. The Balaban J connectivity index is 2.05. The quantitative estimate of drug-likeness (QED) is 0.680. The third-order valence-electron chi connectivity index (χ3n) is 3.96. The Labute approximate surface area is 163 Å². The van der Waals surface area contributed by atoms with Crippen molar-refractivity contribution in [2.75, 3.05) is 11.9 Å². The number of hydrogen-bond acceptors (Lipinski definition) is 4. The van der Waals surface area contributed by atoms with Gasteiger partial charge in [0.15, 0.2) is 0 Å². The second kappa shape index (κ2) is 8.33. The van der Waals surface area contributed by atoms with Crippen LogP contribution in [-0.2, 0) is 15.7 Å². The number of anilines is 1. The van der Waals surface area contributed by atoms with Gasteiger partial charge < -0.3 is 5.32 Å². The molecular formula is C18H21ClFN3O3S. The van der Waals surface area contributed by atoms with E-state index in [1.54, 1.807) is 18.2 Å². The van der Waals surface area contributed by atoms with E-state index in [4.69, 9.17) is 11.6 Å². The molecule has 9 heteroatoms. The predicted molar refractivity (Wildman–Crippen MR) is 104 cm³/mol. The monoisotopic (exact) mass is 413 g/mol. The Morgan fingerprint density at radius 3 is 2.37 bits per heavy atom. The van der Waals surface area contributed by atoms with Gasteiger partial charge in [-0.2, -0.15) is 0 Å². The molecule has 2 aromatic rings. The maximum absolute atomic E-state index is 14.9. The minimum Gasteiger partial charge on any atom is -0.322 e. The molecule has 1 atom stereocenters. The molecule has 0 saturated heterocycles. The van der Waals surface area contributed by atoms with Crippen molar-refractivity contribution >= 4 is 33.2 Å². The lowest BCUT2D eigenvalue weighted by molar-refractivity contribution is 0.102. The standard InChI is InChI=1S/C18H21ClFN3O3S/c1-12(2)27(25,26)22-11-18(3,20)14-5-7-15(8-6-14)23-17(24)13-4-9-16(19)21-10-13/h4-10,12,22H,11H2,1-3H3,(H,23,24). The summed E-state index contributed by atoms with van der Waals surface area (Å²) >= 11 is 5.69. The molecule has 0 radical (unpaired) electrons. The fourth-order valence-electron chi connectivity index (χ4n) is 2.12. The average molecular weight is 414 g/mol. The lowest BCUT2D eigenvalue weighted by atomic mass is 9.98. The second-order valence-corrected chi connectivity index (χ2v) is 9.22. The summed E-state index contributed by atoms with van der Waals surface area (Å²) in [5, 5.41) is 2.31. The molecule has 0 saturated carbocycles. The number of carbonyl (C=O) groups excluding carboxylic acids is 1. The van der Waals surface area contributed by atoms with E-state index < -0.39 is 20.9 Å². The van der Waals surface area contributed by atoms with Crippen LogP contribution in [-0.4, -0.2) is 31.1 Å². The summed E-state index contributed by atoms with van der Waals surface area (Å²) in [5.74, 6) is -0.375. The van der Waals surface area contributed by atoms with E-state index in [-0.39, 0.29) is 17.6 Å². The number of benzene rings is 1. The minimum atomic E-state index is -3.56. The number of amides is 1. The molecule has 1 unspecified atom stereocenters. The Hall–Kier alpha value is -2.03. The SMILES string of the molecule is CC(C)S(=O)(=O)NCC(C)(F)c1ccc(NC(=O)c2ccc(Cl)nc2)cc1. The molecule has 0 fully saturated rings. The normalized spacial score (nSPS) is 14.0. The Kier molecular flexibility index (Phi) is 6.56. The van der Waals surface area contributed by atoms with E-state index in [1.807, 2.05) is 0 Å². The summed E-state index contributed by atoms with van der Waals surface area (Å²) in [6.45, 7) is 3.95. The molecule has 1 heterocycles. The average Bonchev–Trinajstić information content (AvgIpc) is 2.61. The fourth-order valence-corrected chi connectivity index (χ4v) is 3.04. The van der Waals surface area contributed by atoms with E-state index in [0.717, 1.165) is 0 Å². The zero-order chi connectivity index (χ0) is 20.2. The van der Waals surface area contributed by atoms with E-state index in [1.165, 1.54) is 45.2 Å². The van der Waals surface area contributed by atoms with Gasteiger partial charge in [0, 0.05) is 18.4 Å². The van der Waals surface area contributed by atoms with Crippen LogP contribution in [0.25, 0.3) is 0 Å². The highest BCUT2D eigenvalue weighted by Gasteiger charge is 2.29. The Bertz CT molecular complexity index is 898. The molecule has 0 aliphatic rings. The van der Waals surface area contributed by atoms with Crippen molar-refractivity contribution in [3.05, 3.63) is 58.9 Å². The zero-order valence-corrected chi connectivity index (χ0v) is 16.7. The number of sulfonamides is 1. The second-order valence-electron chi connectivity index (χ2n) is 6.51. The van der Waals surface area contributed by atoms with Crippen LogP contribution >= 0.6 is 11.6 Å². The number of rotatable bonds is 7. The van der Waals surface area contributed by atoms with Gasteiger partial charge in [0.1, 0.15) is 10.8 Å². The van der Waals surface area contributed by atoms with Crippen molar-refractivity contribution in [2.24, 2.45) is 0 Å². The summed E-state index contributed by atoms with van der Waals surface area (Å²) < 4.78 is 40.8. The van der Waals surface area contributed by atoms with E-state index in [9.17, 15) is 17.6 Å². The third kappa shape index (κ3) is 5.72. The summed E-state index contributed by atoms with van der Waals surface area (Å²) in [5.41, 5.74) is -0.802. The van der Waals surface area contributed by atoms with Crippen molar-refractivity contribution in [3.63, 3.8) is 0 Å². The molecule has 1 aromatic carbocycles. The Morgan fingerprint density at radius 1 is 1.22 bits per heavy atom. The first-order chi connectivity index (χ1) is 12.5. The van der Waals surface area contributed by atoms with Gasteiger partial charge in [-0.05, 0) is 50.6 Å². The van der Waals surface area contributed by atoms with E-state index >= 15 is 0 Å². The molecule has 0 spiro atoms. The summed E-state index contributed by atoms with van der Waals surface area (Å²) in [4.78, 5) is 16.0. The number of hydrogen-bond donors (Lipinski definition) is 2. The number of pyridine rings is 1. The molecule has 0 aliphatic carbocycles. The first-order valence-corrected chi connectivity index (χ1v) is 10.1. The molecular weight excluding hydrogens is 393 g/mol. The third-order valence-corrected chi connectivity index (χ3v) is 5.97. The molecule has 1 amide bonds. The fraction of sp³-hybridized carbons (Fsp3) is 0.333. The first kappa shape index (κ1) is 21.3. The number of nitrogens with zero attached hydrogens (tertiary/aromatic N) is 1. The molecule has 0 aliphatic heterocycles. The highest BCUT2D eigenvalue weighted by Crippen LogP contribution is 2.26. The van der Waals surface area contributed by atoms with Gasteiger partial charge in [-0.25, -0.2) is 22.5 Å². The molecule has 2 rings (SSSR count). The molecule has 1 aromatic heterocycles. The molecule has 27 heavy (non-hydrogen) atoms. The van der Waals surface area contributed by atoms with Crippen LogP contribution in [0.1, 0.15) is 36.7 Å². The molecule has 6 nitrogen and oxygen atoms in total. The summed E-state index contributed by atoms with van der Waals surface area (Å²) in [7, 11) is -3.56. The first-order valence-electron chi connectivity index (χ1n) is 8.22. The number of alkyl halides is 1. The van der Waals surface area contributed by atoms with Gasteiger partial charge in [0.25, 0.3) is 5.91 Å². The summed E-state index contributed by atoms with van der Waals surface area (Å²) in [6.07, 6.45) is 1.35. The number of carbonyl (C=O) groups is 1. The minimum absolute atomic E-state index is 0.284. The lowest BCUT2D eigenvalue weighted by Gasteiger charge is -2.22. The van der Waals surface area contributed by atoms with Crippen LogP contribution in [0.4, 0.5) is 10.1 Å². The summed E-state index contributed by atoms with van der Waals surface area (Å²) in [6, 6.07) is 9.14. The van der Waals surface area contributed by atoms with Crippen LogP contribution in [0.3, 0.4) is 0 Å². The molecule has 0 bridgehead atoms. The van der Waals surface area contributed by atoms with Crippen molar-refractivity contribution in [3.8, 4) is 0 Å². The van der Waals surface area contributed by atoms with Crippen LogP contribution in [0.15, 0.2) is 42.6 Å². The van der Waals surface area contributed by atoms with Crippen LogP contribution < -0.4 is 10.0 Å². The van der Waals surface area contributed by atoms with Gasteiger partial charge in [0.05, 0.1) is 10.8 Å². The number of nitrogens with one attached hydrogen (secondary N) is 2. The maximum atomic E-state index is 14.9. The van der Waals surface area contributed by atoms with Crippen molar-refractivity contribution in [2.45, 2.75) is 31.7 Å². The van der Waals surface area contributed by atoms with Gasteiger partial charge >= 0.3 is 0 Å². The van der Waals surface area contributed by atoms with Crippen LogP contribution in [0, 0.1) is 0 Å². The molecule has 2 N–H and O–H groups in total. The van der Waals surface area contributed by atoms with E-state index in [2.05, 4.69) is 15.0 Å². The van der Waals surface area contributed by atoms with Crippen molar-refractivity contribution < 1.29 is 17.6 Å². The van der Waals surface area contributed by atoms with Gasteiger partial charge in [-0.3, -0.25) is 4.79 Å². The predicted octanol–water partition coefficient (Wildman–Crippen LogP) is 3.50. The zero-order valence-electron chi connectivity index (χ0n) is 15.2. The van der Waals surface area contributed by atoms with Gasteiger partial charge in [-0.15, -0.1) is 0 Å². The largest absolute Gasteiger partial charge is 0.322 e. The Morgan fingerprint density at radius 2 is 1.85 bits per heavy atom. The highest BCUT2D eigenvalue weighted by molar-refractivity contribution is 7.90. The van der Waals surface area contributed by atoms with Crippen molar-refractivity contribution in [1.29, 1.82) is 0 Å². The number of aromatic nitrogens is 1. The van der Waals surface area contributed by atoms with Crippen molar-refractivity contribution in [1.82, 2.24) is 9.71 Å². The smallest absolute Gasteiger partial charge is 0.257 e.